The summed E-state index contributed by atoms with van der Waals surface area (Å²) in [6, 6.07) is 6.55. The summed E-state index contributed by atoms with van der Waals surface area (Å²) in [7, 11) is 1.68. The van der Waals surface area contributed by atoms with Gasteiger partial charge in [0.15, 0.2) is 0 Å². The number of benzene rings is 1. The molecule has 6 nitrogen and oxygen atoms in total. The van der Waals surface area contributed by atoms with Crippen LogP contribution in [0, 0.1) is 0 Å². The highest BCUT2D eigenvalue weighted by Gasteiger charge is 2.18. The fourth-order valence-corrected chi connectivity index (χ4v) is 1.99. The number of H-pyrrole nitrogens is 1. The molecule has 0 fully saturated rings. The average molecular weight is 264 g/mol. The van der Waals surface area contributed by atoms with Gasteiger partial charge in [-0.05, 0) is 24.7 Å². The highest BCUT2D eigenvalue weighted by atomic mass is 16.4. The number of aromatic amines is 1. The summed E-state index contributed by atoms with van der Waals surface area (Å²) in [6.45, 7) is 0.268. The van der Waals surface area contributed by atoms with Gasteiger partial charge in [-0.1, -0.05) is 12.1 Å². The van der Waals surface area contributed by atoms with E-state index in [1.807, 2.05) is 0 Å². The summed E-state index contributed by atoms with van der Waals surface area (Å²) < 4.78 is 0. The SMILES string of the molecule is CNCC(O)C(O)c1ccc2cc(C(=O)O)[nH]c2c1. The number of aliphatic hydroxyl groups is 2. The molecule has 102 valence electrons. The summed E-state index contributed by atoms with van der Waals surface area (Å²) >= 11 is 0. The van der Waals surface area contributed by atoms with Gasteiger partial charge in [-0.25, -0.2) is 4.79 Å². The number of nitrogens with one attached hydrogen (secondary N) is 2. The van der Waals surface area contributed by atoms with E-state index in [0.29, 0.717) is 11.1 Å². The highest BCUT2D eigenvalue weighted by Crippen LogP contribution is 2.23. The molecule has 2 rings (SSSR count). The number of fused-ring (bicyclic) bond motifs is 1. The molecule has 5 N–H and O–H groups in total. The van der Waals surface area contributed by atoms with E-state index in [4.69, 9.17) is 5.11 Å². The first-order chi connectivity index (χ1) is 9.02. The molecule has 0 saturated heterocycles. The number of carboxylic acid groups (broad SMARTS) is 1. The Bertz CT molecular complexity index is 593. The molecule has 0 aliphatic rings. The van der Waals surface area contributed by atoms with Gasteiger partial charge in [0.05, 0.1) is 6.10 Å². The standard InChI is InChI=1S/C13H16N2O4/c1-14-6-11(16)12(17)8-3-2-7-4-10(13(18)19)15-9(7)5-8/h2-5,11-12,14-17H,6H2,1H3,(H,18,19). The van der Waals surface area contributed by atoms with E-state index in [1.54, 1.807) is 25.2 Å². The zero-order valence-electron chi connectivity index (χ0n) is 10.4. The lowest BCUT2D eigenvalue weighted by atomic mass is 10.0. The van der Waals surface area contributed by atoms with Gasteiger partial charge in [0.25, 0.3) is 0 Å². The Morgan fingerprint density at radius 3 is 2.74 bits per heavy atom. The maximum absolute atomic E-state index is 10.9. The van der Waals surface area contributed by atoms with E-state index in [1.165, 1.54) is 6.07 Å². The summed E-state index contributed by atoms with van der Waals surface area (Å²) in [5, 5.41) is 32.1. The molecule has 0 aliphatic heterocycles. The molecule has 19 heavy (non-hydrogen) atoms. The average Bonchev–Trinajstić information content (AvgIpc) is 2.81. The number of carbonyl (C=O) groups is 1. The van der Waals surface area contributed by atoms with Crippen molar-refractivity contribution in [2.24, 2.45) is 0 Å². The number of carboxylic acids is 1. The quantitative estimate of drug-likeness (QED) is 0.540. The Balaban J connectivity index is 2.32. The lowest BCUT2D eigenvalue weighted by molar-refractivity contribution is 0.0203. The van der Waals surface area contributed by atoms with Crippen molar-refractivity contribution in [1.82, 2.24) is 10.3 Å². The molecule has 0 saturated carbocycles. The van der Waals surface area contributed by atoms with Crippen LogP contribution in [0.1, 0.15) is 22.2 Å². The molecular formula is C13H16N2O4. The first-order valence-corrected chi connectivity index (χ1v) is 5.89. The van der Waals surface area contributed by atoms with Gasteiger partial charge in [-0.15, -0.1) is 0 Å². The van der Waals surface area contributed by atoms with Crippen LogP contribution in [0.2, 0.25) is 0 Å². The molecule has 6 heteroatoms. The second-order valence-corrected chi connectivity index (χ2v) is 4.40. The van der Waals surface area contributed by atoms with Crippen LogP contribution >= 0.6 is 0 Å². The Kier molecular flexibility index (Phi) is 3.84. The third kappa shape index (κ3) is 2.76. The molecular weight excluding hydrogens is 248 g/mol. The van der Waals surface area contributed by atoms with Crippen LogP contribution in [0.5, 0.6) is 0 Å². The zero-order valence-corrected chi connectivity index (χ0v) is 10.4. The van der Waals surface area contributed by atoms with Gasteiger partial charge in [-0.3, -0.25) is 0 Å². The van der Waals surface area contributed by atoms with Crippen molar-refractivity contribution in [3.63, 3.8) is 0 Å². The Morgan fingerprint density at radius 1 is 1.37 bits per heavy atom. The number of likely N-dealkylation sites (N-methyl/N-ethyl adjacent to an activating group) is 1. The van der Waals surface area contributed by atoms with Gasteiger partial charge >= 0.3 is 5.97 Å². The van der Waals surface area contributed by atoms with Gasteiger partial charge in [-0.2, -0.15) is 0 Å². The normalized spacial score (nSPS) is 14.5. The number of hydrogen-bond donors (Lipinski definition) is 5. The van der Waals surface area contributed by atoms with Crippen molar-refractivity contribution in [2.45, 2.75) is 12.2 Å². The molecule has 0 bridgehead atoms. The molecule has 2 aromatic rings. The van der Waals surface area contributed by atoms with Crippen LogP contribution in [-0.4, -0.2) is 46.0 Å². The van der Waals surface area contributed by atoms with Gasteiger partial charge in [0.1, 0.15) is 11.8 Å². The van der Waals surface area contributed by atoms with Gasteiger partial charge < -0.3 is 25.6 Å². The van der Waals surface area contributed by atoms with Crippen molar-refractivity contribution in [3.8, 4) is 0 Å². The fourth-order valence-electron chi connectivity index (χ4n) is 1.99. The number of rotatable bonds is 5. The minimum atomic E-state index is -1.03. The molecule has 2 atom stereocenters. The summed E-state index contributed by atoms with van der Waals surface area (Å²) in [5.41, 5.74) is 1.25. The molecule has 0 radical (unpaired) electrons. The molecule has 0 aliphatic carbocycles. The van der Waals surface area contributed by atoms with Crippen molar-refractivity contribution < 1.29 is 20.1 Å². The molecule has 0 amide bonds. The van der Waals surface area contributed by atoms with E-state index < -0.39 is 18.2 Å². The minimum Gasteiger partial charge on any atom is -0.477 e. The van der Waals surface area contributed by atoms with Crippen molar-refractivity contribution in [2.75, 3.05) is 13.6 Å². The predicted octanol–water partition coefficient (Wildman–Crippen LogP) is 0.480. The molecule has 1 heterocycles. The van der Waals surface area contributed by atoms with Crippen LogP contribution in [0.4, 0.5) is 0 Å². The topological polar surface area (TPSA) is 106 Å². The monoisotopic (exact) mass is 264 g/mol. The molecule has 1 aromatic carbocycles. The lowest BCUT2D eigenvalue weighted by Crippen LogP contribution is -2.29. The number of aromatic carboxylic acids is 1. The van der Waals surface area contributed by atoms with E-state index in [2.05, 4.69) is 10.3 Å². The van der Waals surface area contributed by atoms with Crippen molar-refractivity contribution >= 4 is 16.9 Å². The van der Waals surface area contributed by atoms with E-state index in [9.17, 15) is 15.0 Å². The van der Waals surface area contributed by atoms with E-state index in [-0.39, 0.29) is 12.2 Å². The molecule has 2 unspecified atom stereocenters. The summed E-state index contributed by atoms with van der Waals surface area (Å²) in [6.07, 6.45) is -1.94. The van der Waals surface area contributed by atoms with Crippen molar-refractivity contribution in [1.29, 1.82) is 0 Å². The van der Waals surface area contributed by atoms with Crippen LogP contribution in [0.3, 0.4) is 0 Å². The van der Waals surface area contributed by atoms with Crippen LogP contribution < -0.4 is 5.32 Å². The van der Waals surface area contributed by atoms with Crippen LogP contribution in [0.25, 0.3) is 10.9 Å². The summed E-state index contributed by atoms with van der Waals surface area (Å²) in [4.78, 5) is 13.6. The molecule has 0 spiro atoms. The minimum absolute atomic E-state index is 0.0948. The second-order valence-electron chi connectivity index (χ2n) is 4.40. The van der Waals surface area contributed by atoms with Gasteiger partial charge in [0, 0.05) is 17.4 Å². The fraction of sp³-hybridized carbons (Fsp3) is 0.308. The lowest BCUT2D eigenvalue weighted by Gasteiger charge is -2.17. The largest absolute Gasteiger partial charge is 0.477 e. The van der Waals surface area contributed by atoms with Gasteiger partial charge in [0.2, 0.25) is 0 Å². The smallest absolute Gasteiger partial charge is 0.352 e. The predicted molar refractivity (Wildman–Crippen MR) is 70.2 cm³/mol. The second kappa shape index (κ2) is 5.40. The third-order valence-electron chi connectivity index (χ3n) is 3.00. The Hall–Kier alpha value is -1.89. The van der Waals surface area contributed by atoms with Crippen LogP contribution in [-0.2, 0) is 0 Å². The van der Waals surface area contributed by atoms with Crippen molar-refractivity contribution in [3.05, 3.63) is 35.5 Å². The summed E-state index contributed by atoms with van der Waals surface area (Å²) in [5.74, 6) is -1.03. The van der Waals surface area contributed by atoms with Crippen LogP contribution in [0.15, 0.2) is 24.3 Å². The van der Waals surface area contributed by atoms with E-state index >= 15 is 0 Å². The number of aliphatic hydroxyl groups excluding tert-OH is 2. The van der Waals surface area contributed by atoms with E-state index in [0.717, 1.165) is 5.39 Å². The number of aromatic nitrogens is 1. The third-order valence-corrected chi connectivity index (χ3v) is 3.00. The maximum Gasteiger partial charge on any atom is 0.352 e. The Morgan fingerprint density at radius 2 is 2.11 bits per heavy atom. The zero-order chi connectivity index (χ0) is 14.0. The first-order valence-electron chi connectivity index (χ1n) is 5.89. The number of hydrogen-bond acceptors (Lipinski definition) is 4. The Labute approximate surface area is 109 Å². The molecule has 1 aromatic heterocycles. The first kappa shape index (κ1) is 13.5. The maximum atomic E-state index is 10.9. The highest BCUT2D eigenvalue weighted by molar-refractivity contribution is 5.93.